The summed E-state index contributed by atoms with van der Waals surface area (Å²) in [7, 11) is 0. The van der Waals surface area contributed by atoms with E-state index in [1.54, 1.807) is 0 Å². The Morgan fingerprint density at radius 3 is 1.02 bits per heavy atom. The number of unbranched alkanes of at least 4 members (excludes halogenated alkanes) is 10. The highest BCUT2D eigenvalue weighted by molar-refractivity contribution is 6.13. The van der Waals surface area contributed by atoms with Crippen LogP contribution in [0.1, 0.15) is 145 Å². The van der Waals surface area contributed by atoms with Gasteiger partial charge in [-0.25, -0.2) is 0 Å². The lowest BCUT2D eigenvalue weighted by Crippen LogP contribution is -2.43. The molecule has 4 amide bonds. The monoisotopic (exact) mass is 562 g/mol. The number of carbonyl (C=O) groups excluding carboxylic acids is 4. The first-order valence-electron chi connectivity index (χ1n) is 15.5. The van der Waals surface area contributed by atoms with Crippen LogP contribution in [0.3, 0.4) is 0 Å². The molecule has 1 fully saturated rings. The van der Waals surface area contributed by atoms with Crippen LogP contribution < -0.4 is 0 Å². The molecular formula is C34H62N2O4. The Bertz CT molecular complexity index is 676. The summed E-state index contributed by atoms with van der Waals surface area (Å²) in [6.45, 7) is 9.77. The Hall–Kier alpha value is -2.24. The predicted octanol–water partition coefficient (Wildman–Crippen LogP) is 8.65. The maximum atomic E-state index is 11.7. The van der Waals surface area contributed by atoms with Crippen LogP contribution in [0.5, 0.6) is 0 Å². The van der Waals surface area contributed by atoms with Crippen molar-refractivity contribution < 1.29 is 19.2 Å². The van der Waals surface area contributed by atoms with Gasteiger partial charge in [-0.1, -0.05) is 132 Å². The van der Waals surface area contributed by atoms with Crippen molar-refractivity contribution in [1.29, 1.82) is 0 Å². The normalized spacial score (nSPS) is 19.5. The molecule has 1 saturated carbocycles. The van der Waals surface area contributed by atoms with Crippen LogP contribution in [0.25, 0.3) is 0 Å². The molecule has 3 aliphatic rings. The molecule has 6 nitrogen and oxygen atoms in total. The van der Waals surface area contributed by atoms with Crippen LogP contribution in [0, 0.1) is 11.8 Å². The fourth-order valence-corrected chi connectivity index (χ4v) is 5.16. The second-order valence-electron chi connectivity index (χ2n) is 10.9. The van der Waals surface area contributed by atoms with Crippen molar-refractivity contribution in [2.24, 2.45) is 11.8 Å². The van der Waals surface area contributed by atoms with Crippen molar-refractivity contribution in [3.63, 3.8) is 0 Å². The maximum absolute atomic E-state index is 11.7. The first kappa shape index (κ1) is 39.9. The molecule has 0 aromatic rings. The Kier molecular flexibility index (Phi) is 24.5. The number of nitrogens with zero attached hydrogens (tertiary/aromatic N) is 2. The third-order valence-corrected chi connectivity index (χ3v) is 7.62. The molecule has 6 heteroatoms. The van der Waals surface area contributed by atoms with E-state index in [0.717, 1.165) is 25.7 Å². The predicted molar refractivity (Wildman–Crippen MR) is 169 cm³/mol. The van der Waals surface area contributed by atoms with Crippen LogP contribution in [0.15, 0.2) is 24.3 Å². The molecule has 0 N–H and O–H groups in total. The van der Waals surface area contributed by atoms with Crippen molar-refractivity contribution in [1.82, 2.24) is 9.80 Å². The van der Waals surface area contributed by atoms with Crippen molar-refractivity contribution in [3.8, 4) is 0 Å². The van der Waals surface area contributed by atoms with Gasteiger partial charge in [-0.05, 0) is 24.7 Å². The number of carbonyl (C=O) groups is 4. The van der Waals surface area contributed by atoms with Gasteiger partial charge in [-0.15, -0.1) is 0 Å². The minimum Gasteiger partial charge on any atom is -0.275 e. The summed E-state index contributed by atoms with van der Waals surface area (Å²) < 4.78 is 0. The van der Waals surface area contributed by atoms with Crippen LogP contribution in [0.4, 0.5) is 0 Å². The zero-order valence-corrected chi connectivity index (χ0v) is 24.7. The summed E-state index contributed by atoms with van der Waals surface area (Å²) in [5, 5.41) is 0. The van der Waals surface area contributed by atoms with Crippen molar-refractivity contribution in [2.45, 2.75) is 145 Å². The standard InChI is InChI=1S/C16H18N2O4.C9H20.C7H16.2CH4/c19-13-5-6-14(20)17(13)9-11-3-1-2-4-12(11)10-18-15(21)7-8-16(18)22;1-3-5-7-9-8-6-4-2;1-3-5-7-6-4-2;;/h5-8,11-12H,1-4,9-10H2;3-9H2,1-2H3;3-7H2,1-2H3;2*1H4. The van der Waals surface area contributed by atoms with E-state index in [2.05, 4.69) is 27.7 Å². The smallest absolute Gasteiger partial charge is 0.253 e. The molecule has 2 heterocycles. The Balaban J connectivity index is 0. The van der Waals surface area contributed by atoms with E-state index < -0.39 is 0 Å². The molecule has 0 saturated heterocycles. The van der Waals surface area contributed by atoms with Gasteiger partial charge in [-0.3, -0.25) is 29.0 Å². The fourth-order valence-electron chi connectivity index (χ4n) is 5.16. The fraction of sp³-hybridized carbons (Fsp3) is 0.765. The first-order chi connectivity index (χ1) is 18.4. The van der Waals surface area contributed by atoms with Gasteiger partial charge < -0.3 is 0 Å². The molecular weight excluding hydrogens is 500 g/mol. The number of imide groups is 2. The summed E-state index contributed by atoms with van der Waals surface area (Å²) in [6.07, 6.45) is 26.0. The minimum absolute atomic E-state index is 0. The summed E-state index contributed by atoms with van der Waals surface area (Å²) in [6, 6.07) is 0. The molecule has 2 atom stereocenters. The summed E-state index contributed by atoms with van der Waals surface area (Å²) in [5.41, 5.74) is 0. The van der Waals surface area contributed by atoms with Crippen LogP contribution in [-0.2, 0) is 19.2 Å². The lowest BCUT2D eigenvalue weighted by Gasteiger charge is -2.35. The minimum atomic E-state index is -0.274. The van der Waals surface area contributed by atoms with E-state index in [1.165, 1.54) is 111 Å². The molecule has 0 aromatic carbocycles. The zero-order chi connectivity index (χ0) is 28.2. The van der Waals surface area contributed by atoms with Gasteiger partial charge in [0, 0.05) is 37.4 Å². The van der Waals surface area contributed by atoms with Crippen LogP contribution >= 0.6 is 0 Å². The quantitative estimate of drug-likeness (QED) is 0.157. The van der Waals surface area contributed by atoms with E-state index in [4.69, 9.17) is 0 Å². The molecule has 0 radical (unpaired) electrons. The second kappa shape index (κ2) is 24.5. The van der Waals surface area contributed by atoms with Gasteiger partial charge in [-0.2, -0.15) is 0 Å². The third-order valence-electron chi connectivity index (χ3n) is 7.62. The highest BCUT2D eigenvalue weighted by Crippen LogP contribution is 2.32. The molecule has 1 aliphatic carbocycles. The average molecular weight is 563 g/mol. The topological polar surface area (TPSA) is 74.8 Å². The average Bonchev–Trinajstić information content (AvgIpc) is 3.41. The first-order valence-corrected chi connectivity index (χ1v) is 15.5. The van der Waals surface area contributed by atoms with Gasteiger partial charge in [0.15, 0.2) is 0 Å². The van der Waals surface area contributed by atoms with E-state index >= 15 is 0 Å². The molecule has 3 rings (SSSR count). The maximum Gasteiger partial charge on any atom is 0.253 e. The van der Waals surface area contributed by atoms with Crippen LogP contribution in [-0.4, -0.2) is 46.5 Å². The van der Waals surface area contributed by atoms with Gasteiger partial charge in [0.25, 0.3) is 23.6 Å². The highest BCUT2D eigenvalue weighted by Gasteiger charge is 2.35. The number of hydrogen-bond donors (Lipinski definition) is 0. The highest BCUT2D eigenvalue weighted by atomic mass is 16.2. The molecule has 232 valence electrons. The molecule has 0 spiro atoms. The second-order valence-corrected chi connectivity index (χ2v) is 10.9. The van der Waals surface area contributed by atoms with Crippen molar-refractivity contribution in [2.75, 3.05) is 13.1 Å². The third kappa shape index (κ3) is 15.5. The number of rotatable bonds is 14. The van der Waals surface area contributed by atoms with Crippen LogP contribution in [0.2, 0.25) is 0 Å². The number of amides is 4. The summed E-state index contributed by atoms with van der Waals surface area (Å²) in [5.74, 6) is -0.812. The Labute approximate surface area is 247 Å². The molecule has 2 aliphatic heterocycles. The molecule has 0 bridgehead atoms. The van der Waals surface area contributed by atoms with E-state index in [9.17, 15) is 19.2 Å². The van der Waals surface area contributed by atoms with Crippen molar-refractivity contribution in [3.05, 3.63) is 24.3 Å². The van der Waals surface area contributed by atoms with Gasteiger partial charge >= 0.3 is 0 Å². The lowest BCUT2D eigenvalue weighted by molar-refractivity contribution is -0.141. The molecule has 0 aromatic heterocycles. The van der Waals surface area contributed by atoms with Gasteiger partial charge in [0.2, 0.25) is 0 Å². The number of hydrogen-bond acceptors (Lipinski definition) is 4. The molecule has 40 heavy (non-hydrogen) atoms. The van der Waals surface area contributed by atoms with Gasteiger partial charge in [0.05, 0.1) is 0 Å². The largest absolute Gasteiger partial charge is 0.275 e. The van der Waals surface area contributed by atoms with E-state index in [1.807, 2.05) is 0 Å². The van der Waals surface area contributed by atoms with E-state index in [0.29, 0.717) is 13.1 Å². The SMILES string of the molecule is C.C.CCCCCCC.CCCCCCCCC.O=C1C=CC(=O)N1CC1CCCCC1CN1C(=O)C=CC1=O. The van der Waals surface area contributed by atoms with Crippen molar-refractivity contribution >= 4 is 23.6 Å². The van der Waals surface area contributed by atoms with E-state index in [-0.39, 0.29) is 50.3 Å². The molecule has 2 unspecified atom stereocenters. The zero-order valence-electron chi connectivity index (χ0n) is 24.7. The lowest BCUT2D eigenvalue weighted by atomic mass is 9.78. The Morgan fingerprint density at radius 1 is 0.500 bits per heavy atom. The van der Waals surface area contributed by atoms with Gasteiger partial charge in [0.1, 0.15) is 0 Å². The Morgan fingerprint density at radius 2 is 0.750 bits per heavy atom. The summed E-state index contributed by atoms with van der Waals surface area (Å²) >= 11 is 0. The summed E-state index contributed by atoms with van der Waals surface area (Å²) in [4.78, 5) is 49.3.